The van der Waals surface area contributed by atoms with E-state index in [1.54, 1.807) is 25.1 Å². The summed E-state index contributed by atoms with van der Waals surface area (Å²) in [5.41, 5.74) is -1.12. The number of amides is 4. The molecule has 8 heteroatoms. The average molecular weight is 333 g/mol. The fourth-order valence-corrected chi connectivity index (χ4v) is 3.20. The second-order valence-electron chi connectivity index (χ2n) is 5.28. The van der Waals surface area contributed by atoms with Crippen LogP contribution in [0.5, 0.6) is 0 Å². The fraction of sp³-hybridized carbons (Fsp3) is 0.267. The van der Waals surface area contributed by atoms with Crippen molar-refractivity contribution in [2.75, 3.05) is 6.54 Å². The van der Waals surface area contributed by atoms with Gasteiger partial charge in [0.05, 0.1) is 12.8 Å². The molecule has 0 spiro atoms. The van der Waals surface area contributed by atoms with E-state index in [0.29, 0.717) is 5.76 Å². The van der Waals surface area contributed by atoms with Gasteiger partial charge in [-0.2, -0.15) is 0 Å². The molecule has 3 heterocycles. The van der Waals surface area contributed by atoms with Crippen LogP contribution in [-0.4, -0.2) is 29.3 Å². The van der Waals surface area contributed by atoms with Crippen LogP contribution in [0.4, 0.5) is 4.79 Å². The summed E-state index contributed by atoms with van der Waals surface area (Å²) in [6.07, 6.45) is 1.51. The molecule has 1 aliphatic rings. The lowest BCUT2D eigenvalue weighted by molar-refractivity contribution is -0.134. The standard InChI is InChI=1S/C15H15N3O4S/c1-15(11-5-3-7-23-11)13(20)18(14(21)17-15)9-12(19)16-8-10-4-2-6-22-10/h2-7H,8-9H2,1H3,(H,16,19)(H,17,21). The second-order valence-corrected chi connectivity index (χ2v) is 6.23. The van der Waals surface area contributed by atoms with E-state index in [4.69, 9.17) is 4.42 Å². The van der Waals surface area contributed by atoms with E-state index in [2.05, 4.69) is 10.6 Å². The van der Waals surface area contributed by atoms with Crippen molar-refractivity contribution in [1.29, 1.82) is 0 Å². The molecule has 1 atom stereocenters. The van der Waals surface area contributed by atoms with Gasteiger partial charge in [0.2, 0.25) is 5.91 Å². The number of thiophene rings is 1. The number of imide groups is 1. The highest BCUT2D eigenvalue weighted by atomic mass is 32.1. The van der Waals surface area contributed by atoms with Crippen molar-refractivity contribution in [3.05, 3.63) is 46.5 Å². The van der Waals surface area contributed by atoms with Gasteiger partial charge in [0.15, 0.2) is 5.54 Å². The van der Waals surface area contributed by atoms with Crippen molar-refractivity contribution < 1.29 is 18.8 Å². The van der Waals surface area contributed by atoms with E-state index in [9.17, 15) is 14.4 Å². The van der Waals surface area contributed by atoms with Crippen LogP contribution in [0.1, 0.15) is 17.6 Å². The molecule has 3 rings (SSSR count). The van der Waals surface area contributed by atoms with Gasteiger partial charge in [0.1, 0.15) is 12.3 Å². The van der Waals surface area contributed by atoms with Crippen molar-refractivity contribution in [1.82, 2.24) is 15.5 Å². The van der Waals surface area contributed by atoms with Gasteiger partial charge in [-0.1, -0.05) is 6.07 Å². The molecule has 2 aromatic heterocycles. The molecule has 7 nitrogen and oxygen atoms in total. The maximum atomic E-state index is 12.6. The SMILES string of the molecule is CC1(c2cccs2)NC(=O)N(CC(=O)NCc2ccco2)C1=O. The van der Waals surface area contributed by atoms with Gasteiger partial charge in [-0.3, -0.25) is 14.5 Å². The number of carbonyl (C=O) groups excluding carboxylic acids is 3. The van der Waals surface area contributed by atoms with Crippen LogP contribution >= 0.6 is 11.3 Å². The Labute approximate surface area is 136 Å². The lowest BCUT2D eigenvalue weighted by Crippen LogP contribution is -2.42. The van der Waals surface area contributed by atoms with Gasteiger partial charge in [-0.25, -0.2) is 4.79 Å². The van der Waals surface area contributed by atoms with Crippen LogP contribution in [0.15, 0.2) is 40.3 Å². The molecule has 1 aliphatic heterocycles. The molecular formula is C15H15N3O4S. The summed E-state index contributed by atoms with van der Waals surface area (Å²) in [5, 5.41) is 7.10. The fourth-order valence-electron chi connectivity index (χ4n) is 2.37. The third kappa shape index (κ3) is 2.85. The molecule has 4 amide bonds. The van der Waals surface area contributed by atoms with Gasteiger partial charge in [-0.05, 0) is 30.5 Å². The van der Waals surface area contributed by atoms with Crippen LogP contribution < -0.4 is 10.6 Å². The molecule has 0 saturated carbocycles. The third-order valence-electron chi connectivity index (χ3n) is 3.63. The predicted molar refractivity (Wildman–Crippen MR) is 82.5 cm³/mol. The van der Waals surface area contributed by atoms with Gasteiger partial charge in [-0.15, -0.1) is 11.3 Å². The summed E-state index contributed by atoms with van der Waals surface area (Å²) in [4.78, 5) is 38.2. The number of hydrogen-bond donors (Lipinski definition) is 2. The van der Waals surface area contributed by atoms with E-state index in [-0.39, 0.29) is 13.1 Å². The monoisotopic (exact) mass is 333 g/mol. The Morgan fingerprint density at radius 2 is 2.22 bits per heavy atom. The Kier molecular flexibility index (Phi) is 3.91. The third-order valence-corrected chi connectivity index (χ3v) is 4.72. The van der Waals surface area contributed by atoms with Crippen LogP contribution in [-0.2, 0) is 21.7 Å². The highest BCUT2D eigenvalue weighted by Crippen LogP contribution is 2.31. The summed E-state index contributed by atoms with van der Waals surface area (Å²) in [7, 11) is 0. The van der Waals surface area contributed by atoms with Crippen LogP contribution in [0.3, 0.4) is 0 Å². The first kappa shape index (κ1) is 15.3. The Balaban J connectivity index is 1.65. The number of nitrogens with one attached hydrogen (secondary N) is 2. The van der Waals surface area contributed by atoms with E-state index >= 15 is 0 Å². The Morgan fingerprint density at radius 3 is 2.87 bits per heavy atom. The number of carbonyl (C=O) groups is 3. The maximum Gasteiger partial charge on any atom is 0.325 e. The average Bonchev–Trinajstić information content (AvgIpc) is 3.25. The van der Waals surface area contributed by atoms with E-state index in [0.717, 1.165) is 9.78 Å². The largest absolute Gasteiger partial charge is 0.467 e. The molecule has 0 radical (unpaired) electrons. The summed E-state index contributed by atoms with van der Waals surface area (Å²) >= 11 is 1.38. The van der Waals surface area contributed by atoms with Gasteiger partial charge in [0.25, 0.3) is 5.91 Å². The normalized spacial score (nSPS) is 20.7. The first-order chi connectivity index (χ1) is 11.0. The van der Waals surface area contributed by atoms with Crippen LogP contribution in [0, 0.1) is 0 Å². The smallest absolute Gasteiger partial charge is 0.325 e. The predicted octanol–water partition coefficient (Wildman–Crippen LogP) is 1.42. The Hall–Kier alpha value is -2.61. The van der Waals surface area contributed by atoms with Crippen molar-refractivity contribution in [2.24, 2.45) is 0 Å². The zero-order valence-electron chi connectivity index (χ0n) is 12.4. The molecule has 2 N–H and O–H groups in total. The van der Waals surface area contributed by atoms with Crippen molar-refractivity contribution in [3.63, 3.8) is 0 Å². The Bertz CT molecular complexity index is 726. The minimum atomic E-state index is -1.12. The molecule has 0 aromatic carbocycles. The van der Waals surface area contributed by atoms with Gasteiger partial charge < -0.3 is 15.1 Å². The molecule has 1 saturated heterocycles. The number of urea groups is 1. The molecule has 2 aromatic rings. The molecular weight excluding hydrogens is 318 g/mol. The van der Waals surface area contributed by atoms with E-state index in [1.807, 2.05) is 11.4 Å². The number of rotatable bonds is 5. The van der Waals surface area contributed by atoms with Crippen molar-refractivity contribution in [2.45, 2.75) is 19.0 Å². The van der Waals surface area contributed by atoms with E-state index in [1.165, 1.54) is 17.6 Å². The highest BCUT2D eigenvalue weighted by Gasteiger charge is 2.50. The topological polar surface area (TPSA) is 91.7 Å². The number of hydrogen-bond acceptors (Lipinski definition) is 5. The minimum Gasteiger partial charge on any atom is -0.467 e. The molecule has 120 valence electrons. The van der Waals surface area contributed by atoms with Crippen LogP contribution in [0.25, 0.3) is 0 Å². The maximum absolute atomic E-state index is 12.6. The first-order valence-corrected chi connectivity index (χ1v) is 7.86. The zero-order valence-corrected chi connectivity index (χ0v) is 13.2. The molecule has 0 bridgehead atoms. The molecule has 23 heavy (non-hydrogen) atoms. The van der Waals surface area contributed by atoms with Crippen molar-refractivity contribution >= 4 is 29.2 Å². The minimum absolute atomic E-state index is 0.206. The summed E-state index contributed by atoms with van der Waals surface area (Å²) < 4.78 is 5.11. The highest BCUT2D eigenvalue weighted by molar-refractivity contribution is 7.10. The van der Waals surface area contributed by atoms with E-state index < -0.39 is 23.4 Å². The van der Waals surface area contributed by atoms with Gasteiger partial charge >= 0.3 is 6.03 Å². The summed E-state index contributed by atoms with van der Waals surface area (Å²) in [5.74, 6) is -0.266. The number of furan rings is 1. The second kappa shape index (κ2) is 5.88. The van der Waals surface area contributed by atoms with Crippen LogP contribution in [0.2, 0.25) is 0 Å². The number of nitrogens with zero attached hydrogens (tertiary/aromatic N) is 1. The molecule has 1 unspecified atom stereocenters. The lowest BCUT2D eigenvalue weighted by atomic mass is 10.0. The quantitative estimate of drug-likeness (QED) is 0.810. The first-order valence-electron chi connectivity index (χ1n) is 6.98. The lowest BCUT2D eigenvalue weighted by Gasteiger charge is -2.19. The van der Waals surface area contributed by atoms with Gasteiger partial charge in [0, 0.05) is 4.88 Å². The molecule has 0 aliphatic carbocycles. The summed E-state index contributed by atoms with van der Waals surface area (Å²) in [6, 6.07) is 6.46. The molecule has 1 fully saturated rings. The van der Waals surface area contributed by atoms with Crippen molar-refractivity contribution in [3.8, 4) is 0 Å². The zero-order chi connectivity index (χ0) is 16.4. The summed E-state index contributed by atoms with van der Waals surface area (Å²) in [6.45, 7) is 1.52. The Morgan fingerprint density at radius 1 is 1.39 bits per heavy atom.